The van der Waals surface area contributed by atoms with Crippen LogP contribution in [0.15, 0.2) is 0 Å². The summed E-state index contributed by atoms with van der Waals surface area (Å²) in [6, 6.07) is 0. The number of hydrogen-bond acceptors (Lipinski definition) is 7. The second-order valence-corrected chi connectivity index (χ2v) is 13.0. The molecule has 0 bridgehead atoms. The van der Waals surface area contributed by atoms with Gasteiger partial charge >= 0.3 is 18.2 Å². The fourth-order valence-electron chi connectivity index (χ4n) is 4.80. The van der Waals surface area contributed by atoms with Crippen LogP contribution in [-0.2, 0) is 19.0 Å². The monoisotopic (exact) mass is 583 g/mol. The average molecular weight is 584 g/mol. The minimum Gasteiger partial charge on any atom is -0.481 e. The molecule has 3 aliphatic heterocycles. The highest BCUT2D eigenvalue weighted by Gasteiger charge is 2.28. The lowest BCUT2D eigenvalue weighted by Crippen LogP contribution is -2.42. The van der Waals surface area contributed by atoms with Crippen LogP contribution in [0.4, 0.5) is 9.59 Å². The molecule has 0 aromatic carbocycles. The third kappa shape index (κ3) is 19.7. The molecule has 3 saturated heterocycles. The number of carboxylic acids is 1. The summed E-state index contributed by atoms with van der Waals surface area (Å²) in [5.74, 6) is 0.0233. The summed E-state index contributed by atoms with van der Waals surface area (Å²) in [5, 5.41) is 17.5. The zero-order valence-electron chi connectivity index (χ0n) is 26.5. The van der Waals surface area contributed by atoms with E-state index in [-0.39, 0.29) is 39.5 Å². The van der Waals surface area contributed by atoms with Crippen molar-refractivity contribution in [3.8, 4) is 0 Å². The van der Waals surface area contributed by atoms with Crippen molar-refractivity contribution in [2.24, 2.45) is 11.8 Å². The van der Waals surface area contributed by atoms with Gasteiger partial charge in [-0.05, 0) is 111 Å². The van der Waals surface area contributed by atoms with Crippen molar-refractivity contribution in [2.75, 3.05) is 46.0 Å². The predicted molar refractivity (Wildman–Crippen MR) is 160 cm³/mol. The Hall–Kier alpha value is -2.01. The van der Waals surface area contributed by atoms with Gasteiger partial charge in [-0.25, -0.2) is 9.59 Å². The number of aliphatic carboxylic acids is 1. The van der Waals surface area contributed by atoms with Gasteiger partial charge in [-0.15, -0.1) is 0 Å². The number of nitrogens with zero attached hydrogens (tertiary/aromatic N) is 2. The van der Waals surface area contributed by atoms with E-state index in [1.165, 1.54) is 12.8 Å². The van der Waals surface area contributed by atoms with Gasteiger partial charge in [-0.3, -0.25) is 4.79 Å². The number of ether oxygens (including phenoxy) is 3. The van der Waals surface area contributed by atoms with Gasteiger partial charge in [-0.1, -0.05) is 0 Å². The molecule has 3 rings (SSSR count). The van der Waals surface area contributed by atoms with Gasteiger partial charge in [0.25, 0.3) is 0 Å². The number of likely N-dealkylation sites (tertiary alicyclic amines) is 2. The Balaban J connectivity index is 0.000000652. The summed E-state index contributed by atoms with van der Waals surface area (Å²) < 4.78 is 15.6. The second-order valence-electron chi connectivity index (χ2n) is 13.0. The predicted octanol–water partition coefficient (Wildman–Crippen LogP) is 5.32. The number of piperidine rings is 2. The molecule has 237 valence electrons. The zero-order chi connectivity index (χ0) is 30.2. The third-order valence-corrected chi connectivity index (χ3v) is 6.71. The summed E-state index contributed by atoms with van der Waals surface area (Å²) >= 11 is 0. The third-order valence-electron chi connectivity index (χ3n) is 6.71. The molecule has 41 heavy (non-hydrogen) atoms. The Labute approximate surface area is 250 Å². The number of rotatable bonds is 6. The van der Waals surface area contributed by atoms with Crippen molar-refractivity contribution < 1.29 is 38.8 Å². The first-order valence-electron chi connectivity index (χ1n) is 15.1. The van der Waals surface area contributed by atoms with Crippen LogP contribution in [0.3, 0.4) is 0 Å². The fraction of sp³-hybridized carbons (Fsp3) is 0.900. The second kappa shape index (κ2) is 20.0. The number of carboxylic acid groups (broad SMARTS) is 1. The van der Waals surface area contributed by atoms with E-state index in [9.17, 15) is 14.4 Å². The highest BCUT2D eigenvalue weighted by molar-refractivity contribution is 5.75. The maximum absolute atomic E-state index is 11.9. The molecule has 3 heterocycles. The zero-order valence-corrected chi connectivity index (χ0v) is 26.5. The molecule has 2 N–H and O–H groups in total. The first-order chi connectivity index (χ1) is 18.7. The van der Waals surface area contributed by atoms with Crippen LogP contribution in [0.1, 0.15) is 106 Å². The van der Waals surface area contributed by atoms with E-state index in [1.807, 2.05) is 41.5 Å². The number of carbonyl (C=O) groups excluding carboxylic acids is 2. The average Bonchev–Trinajstić information content (AvgIpc) is 3.45. The van der Waals surface area contributed by atoms with Crippen LogP contribution < -0.4 is 0 Å². The van der Waals surface area contributed by atoms with Crippen LogP contribution in [0, 0.1) is 11.8 Å². The van der Waals surface area contributed by atoms with Crippen molar-refractivity contribution in [2.45, 2.75) is 117 Å². The smallest absolute Gasteiger partial charge is 0.410 e. The van der Waals surface area contributed by atoms with Crippen LogP contribution in [0.25, 0.3) is 0 Å². The first kappa shape index (κ1) is 39.0. The molecule has 3 aliphatic rings. The van der Waals surface area contributed by atoms with E-state index in [1.54, 1.807) is 9.80 Å². The number of hydrogen-bond donors (Lipinski definition) is 2. The number of carbonyl (C=O) groups is 3. The van der Waals surface area contributed by atoms with Crippen molar-refractivity contribution in [3.05, 3.63) is 0 Å². The summed E-state index contributed by atoms with van der Waals surface area (Å²) in [6.07, 6.45) is 8.79. The van der Waals surface area contributed by atoms with Crippen molar-refractivity contribution >= 4 is 26.6 Å². The molecule has 3 fully saturated rings. The highest BCUT2D eigenvalue weighted by atomic mass is 16.6. The Morgan fingerprint density at radius 1 is 0.780 bits per heavy atom. The van der Waals surface area contributed by atoms with Gasteiger partial charge in [0.05, 0.1) is 0 Å². The van der Waals surface area contributed by atoms with Gasteiger partial charge in [-0.2, -0.15) is 0 Å². The lowest BCUT2D eigenvalue weighted by atomic mass is 9.94. The van der Waals surface area contributed by atoms with Gasteiger partial charge in [0, 0.05) is 60.8 Å². The van der Waals surface area contributed by atoms with E-state index < -0.39 is 17.2 Å². The maximum atomic E-state index is 11.9. The number of aliphatic hydroxyl groups is 1. The SMILES string of the molecule is C1CCOC1.CC(C)(C)OC(=O)N1CCCC(CCC(=O)O)C1.CC(C)(C)OC(=O)N1CCCC(CCCO)C1.[B]. The maximum Gasteiger partial charge on any atom is 0.410 e. The minimum atomic E-state index is -0.774. The Bertz CT molecular complexity index is 742. The molecule has 0 saturated carbocycles. The topological polar surface area (TPSA) is 126 Å². The summed E-state index contributed by atoms with van der Waals surface area (Å²) in [7, 11) is 0. The molecule has 10 nitrogen and oxygen atoms in total. The van der Waals surface area contributed by atoms with Crippen LogP contribution in [0.5, 0.6) is 0 Å². The standard InChI is InChI=1S/C13H23NO4.C13H25NO3.C4H8O.B/c1-13(2,3)18-12(17)14-8-4-5-10(9-14)6-7-11(15)16;1-13(2,3)17-12(16)14-8-4-6-11(10-14)7-5-9-15;1-2-4-5-3-1;/h10H,4-9H2,1-3H3,(H,15,16);11,15H,4-10H2,1-3H3;1-4H2;. The summed E-state index contributed by atoms with van der Waals surface area (Å²) in [5.41, 5.74) is -0.903. The van der Waals surface area contributed by atoms with Crippen molar-refractivity contribution in [3.63, 3.8) is 0 Å². The molecule has 3 radical (unpaired) electrons. The molecule has 2 amide bonds. The van der Waals surface area contributed by atoms with E-state index in [0.29, 0.717) is 25.4 Å². The lowest BCUT2D eigenvalue weighted by Gasteiger charge is -2.34. The van der Waals surface area contributed by atoms with Gasteiger partial charge < -0.3 is 34.2 Å². The largest absolute Gasteiger partial charge is 0.481 e. The van der Waals surface area contributed by atoms with Crippen molar-refractivity contribution in [1.29, 1.82) is 0 Å². The van der Waals surface area contributed by atoms with Crippen LogP contribution in [0.2, 0.25) is 0 Å². The van der Waals surface area contributed by atoms with Crippen LogP contribution in [-0.4, -0.2) is 104 Å². The molecule has 0 aromatic rings. The Kier molecular flexibility index (Phi) is 19.0. The molecule has 0 spiro atoms. The van der Waals surface area contributed by atoms with E-state index in [0.717, 1.165) is 64.8 Å². The summed E-state index contributed by atoms with van der Waals surface area (Å²) in [6.45, 7) is 16.3. The van der Waals surface area contributed by atoms with Gasteiger partial charge in [0.2, 0.25) is 0 Å². The molecular weight excluding hydrogens is 527 g/mol. The molecule has 0 aromatic heterocycles. The summed E-state index contributed by atoms with van der Waals surface area (Å²) in [4.78, 5) is 37.8. The van der Waals surface area contributed by atoms with Gasteiger partial charge in [0.15, 0.2) is 0 Å². The number of aliphatic hydroxyl groups excluding tert-OH is 1. The molecule has 0 aliphatic carbocycles. The number of amides is 2. The highest BCUT2D eigenvalue weighted by Crippen LogP contribution is 2.24. The van der Waals surface area contributed by atoms with E-state index >= 15 is 0 Å². The molecular formula is C30H56BN2O8. The van der Waals surface area contributed by atoms with Crippen molar-refractivity contribution in [1.82, 2.24) is 9.80 Å². The lowest BCUT2D eigenvalue weighted by molar-refractivity contribution is -0.137. The first-order valence-corrected chi connectivity index (χ1v) is 15.1. The molecule has 2 unspecified atom stereocenters. The molecule has 2 atom stereocenters. The molecule has 11 heteroatoms. The van der Waals surface area contributed by atoms with E-state index in [2.05, 4.69) is 0 Å². The minimum absolute atomic E-state index is 0. The Morgan fingerprint density at radius 3 is 1.56 bits per heavy atom. The normalized spacial score (nSPS) is 20.9. The van der Waals surface area contributed by atoms with Gasteiger partial charge in [0.1, 0.15) is 11.2 Å². The Morgan fingerprint density at radius 2 is 1.22 bits per heavy atom. The van der Waals surface area contributed by atoms with Crippen LogP contribution >= 0.6 is 0 Å². The van der Waals surface area contributed by atoms with E-state index in [4.69, 9.17) is 24.4 Å². The quantitative estimate of drug-likeness (QED) is 0.403. The fourth-order valence-corrected chi connectivity index (χ4v) is 4.80.